The fourth-order valence-corrected chi connectivity index (χ4v) is 8.93. The molecule has 0 unspecified atom stereocenters. The number of rotatable bonds is 4. The van der Waals surface area contributed by atoms with Gasteiger partial charge in [-0.25, -0.2) is 9.69 Å². The quantitative estimate of drug-likeness (QED) is 0.163. The maximum absolute atomic E-state index is 8.41. The van der Waals surface area contributed by atoms with Crippen molar-refractivity contribution in [2.45, 2.75) is 0 Å². The predicted molar refractivity (Wildman–Crippen MR) is 227 cm³/mol. The molecule has 0 aliphatic carbocycles. The van der Waals surface area contributed by atoms with Gasteiger partial charge in [-0.2, -0.15) is 0 Å². The first-order valence-corrected chi connectivity index (χ1v) is 18.3. The van der Waals surface area contributed by atoms with Crippen molar-refractivity contribution in [3.05, 3.63) is 199 Å². The predicted octanol–water partition coefficient (Wildman–Crippen LogP) is 13.7. The molecule has 0 amide bonds. The first-order chi connectivity index (χ1) is 27.3. The minimum Gasteiger partial charge on any atom is -0.320 e. The van der Waals surface area contributed by atoms with E-state index in [-0.39, 0.29) is 0 Å². The lowest BCUT2D eigenvalue weighted by molar-refractivity contribution is 1.16. The normalized spacial score (nSPS) is 11.6. The molecule has 0 N–H and O–H groups in total. The van der Waals surface area contributed by atoms with Gasteiger partial charge in [-0.05, 0) is 59.5 Å². The van der Waals surface area contributed by atoms with Crippen molar-refractivity contribution in [2.24, 2.45) is 0 Å². The highest BCUT2D eigenvalue weighted by Crippen LogP contribution is 2.46. The average molecular weight is 700 g/mol. The Morgan fingerprint density at radius 3 is 1.40 bits per heavy atom. The average Bonchev–Trinajstić information content (AvgIpc) is 3.89. The molecule has 0 atom stereocenters. The molecular formula is C50H29N5. The molecule has 5 nitrogen and oxygen atoms in total. The van der Waals surface area contributed by atoms with Crippen LogP contribution >= 0.6 is 0 Å². The topological polar surface area (TPSA) is 23.5 Å². The maximum atomic E-state index is 8.41. The summed E-state index contributed by atoms with van der Waals surface area (Å²) in [4.78, 5) is 8.02. The van der Waals surface area contributed by atoms with E-state index in [1.807, 2.05) is 36.4 Å². The van der Waals surface area contributed by atoms with Crippen LogP contribution in [0.2, 0.25) is 0 Å². The number of hydrogen-bond donors (Lipinski definition) is 0. The Balaban J connectivity index is 1.24. The van der Waals surface area contributed by atoms with Crippen molar-refractivity contribution in [3.8, 4) is 28.2 Å². The van der Waals surface area contributed by atoms with Gasteiger partial charge in [0.15, 0.2) is 5.69 Å². The third kappa shape index (κ3) is 4.27. The Morgan fingerprint density at radius 1 is 0.309 bits per heavy atom. The van der Waals surface area contributed by atoms with Crippen molar-refractivity contribution in [1.82, 2.24) is 13.7 Å². The standard InChI is InChI=1S/C50H29N5/c1-51-38-22-14-29-45-48(38)36-19-6-12-28-44(36)55(45)50-35(21-13-23-39(50)52-2)34-18-5-10-26-42(34)54-43-27-11-7-20-37(43)49-46(30-15-31-47(49)54)53-40-24-8-3-16-32(40)33-17-4-9-25-41(33)53/h3-31H. The molecular weight excluding hydrogens is 671 g/mol. The van der Waals surface area contributed by atoms with Crippen molar-refractivity contribution in [2.75, 3.05) is 0 Å². The van der Waals surface area contributed by atoms with Crippen LogP contribution in [0.5, 0.6) is 0 Å². The van der Waals surface area contributed by atoms with Gasteiger partial charge in [0.1, 0.15) is 0 Å². The minimum absolute atomic E-state index is 0.541. The Hall–Kier alpha value is -7.86. The van der Waals surface area contributed by atoms with E-state index in [1.165, 1.54) is 27.2 Å². The summed E-state index contributed by atoms with van der Waals surface area (Å²) < 4.78 is 6.98. The summed E-state index contributed by atoms with van der Waals surface area (Å²) >= 11 is 0. The fourth-order valence-electron chi connectivity index (χ4n) is 8.93. The van der Waals surface area contributed by atoms with Crippen molar-refractivity contribution < 1.29 is 0 Å². The SMILES string of the molecule is [C-]#[N+]c1cccc(-c2ccccc2-n2c3ccccc3c3c(-n4c5ccccc5c5ccccc54)cccc32)c1-n1c2ccccc2c2c([N+]#[C-])cccc21. The second-order valence-electron chi connectivity index (χ2n) is 13.8. The number of benzene rings is 8. The van der Waals surface area contributed by atoms with E-state index >= 15 is 0 Å². The van der Waals surface area contributed by atoms with Crippen LogP contribution in [0.25, 0.3) is 103 Å². The van der Waals surface area contributed by atoms with Gasteiger partial charge in [0.2, 0.25) is 5.69 Å². The Bertz CT molecular complexity index is 3420. The van der Waals surface area contributed by atoms with Gasteiger partial charge in [0, 0.05) is 38.0 Å². The van der Waals surface area contributed by atoms with Gasteiger partial charge >= 0.3 is 0 Å². The van der Waals surface area contributed by atoms with E-state index in [9.17, 15) is 0 Å². The molecule has 0 aliphatic rings. The zero-order valence-electron chi connectivity index (χ0n) is 29.5. The van der Waals surface area contributed by atoms with Crippen LogP contribution in [-0.4, -0.2) is 13.7 Å². The van der Waals surface area contributed by atoms with Crippen molar-refractivity contribution >= 4 is 76.8 Å². The van der Waals surface area contributed by atoms with Gasteiger partial charge in [-0.3, -0.25) is 0 Å². The first kappa shape index (κ1) is 30.7. The smallest absolute Gasteiger partial charge is 0.211 e. The van der Waals surface area contributed by atoms with E-state index in [1.54, 1.807) is 0 Å². The van der Waals surface area contributed by atoms with Crippen LogP contribution in [0.4, 0.5) is 11.4 Å². The lowest BCUT2D eigenvalue weighted by atomic mass is 9.99. The molecule has 0 spiro atoms. The second-order valence-corrected chi connectivity index (χ2v) is 13.8. The van der Waals surface area contributed by atoms with Gasteiger partial charge in [-0.15, -0.1) is 0 Å². The molecule has 3 aromatic heterocycles. The van der Waals surface area contributed by atoms with Gasteiger partial charge in [-0.1, -0.05) is 127 Å². The molecule has 0 saturated heterocycles. The van der Waals surface area contributed by atoms with Crippen LogP contribution in [0, 0.1) is 13.1 Å². The second kappa shape index (κ2) is 11.8. The summed E-state index contributed by atoms with van der Waals surface area (Å²) in [5, 5.41) is 6.67. The molecule has 0 saturated carbocycles. The number of fused-ring (bicyclic) bond motifs is 9. The summed E-state index contributed by atoms with van der Waals surface area (Å²) in [7, 11) is 0. The van der Waals surface area contributed by atoms with E-state index in [0.29, 0.717) is 11.4 Å². The molecule has 8 aromatic carbocycles. The Kier molecular flexibility index (Phi) is 6.61. The van der Waals surface area contributed by atoms with Crippen LogP contribution in [-0.2, 0) is 0 Å². The molecule has 55 heavy (non-hydrogen) atoms. The summed E-state index contributed by atoms with van der Waals surface area (Å²) in [5.74, 6) is 0. The Morgan fingerprint density at radius 2 is 0.727 bits per heavy atom. The molecule has 0 radical (unpaired) electrons. The number of nitrogens with zero attached hydrogens (tertiary/aromatic N) is 5. The van der Waals surface area contributed by atoms with Crippen LogP contribution in [0.15, 0.2) is 176 Å². The first-order valence-electron chi connectivity index (χ1n) is 18.3. The molecule has 5 heteroatoms. The third-order valence-electron chi connectivity index (χ3n) is 11.1. The summed E-state index contributed by atoms with van der Waals surface area (Å²) in [5.41, 5.74) is 12.4. The van der Waals surface area contributed by atoms with Crippen LogP contribution in [0.3, 0.4) is 0 Å². The van der Waals surface area contributed by atoms with Crippen LogP contribution < -0.4 is 0 Å². The summed E-state index contributed by atoms with van der Waals surface area (Å²) in [6.07, 6.45) is 0. The number of hydrogen-bond acceptors (Lipinski definition) is 0. The van der Waals surface area contributed by atoms with E-state index in [0.717, 1.165) is 66.4 Å². The lowest BCUT2D eigenvalue weighted by Crippen LogP contribution is -2.02. The van der Waals surface area contributed by atoms with Gasteiger partial charge in [0.25, 0.3) is 0 Å². The molecule has 11 aromatic rings. The third-order valence-corrected chi connectivity index (χ3v) is 11.1. The molecule has 254 valence electrons. The minimum atomic E-state index is 0.541. The maximum Gasteiger partial charge on any atom is 0.211 e. The molecule has 0 aliphatic heterocycles. The molecule has 3 heterocycles. The number of para-hydroxylation sites is 6. The van der Waals surface area contributed by atoms with Crippen LogP contribution in [0.1, 0.15) is 0 Å². The van der Waals surface area contributed by atoms with E-state index in [4.69, 9.17) is 13.1 Å². The van der Waals surface area contributed by atoms with Crippen molar-refractivity contribution in [1.29, 1.82) is 0 Å². The Labute approximate surface area is 316 Å². The van der Waals surface area contributed by atoms with E-state index < -0.39 is 0 Å². The molecule has 0 bridgehead atoms. The highest BCUT2D eigenvalue weighted by Gasteiger charge is 2.24. The zero-order chi connectivity index (χ0) is 36.6. The number of aromatic nitrogens is 3. The zero-order valence-corrected chi connectivity index (χ0v) is 29.5. The summed E-state index contributed by atoms with van der Waals surface area (Å²) in [6, 6.07) is 61.2. The highest BCUT2D eigenvalue weighted by atomic mass is 15.0. The largest absolute Gasteiger partial charge is 0.320 e. The molecule has 11 rings (SSSR count). The highest BCUT2D eigenvalue weighted by molar-refractivity contribution is 6.18. The monoisotopic (exact) mass is 699 g/mol. The van der Waals surface area contributed by atoms with Gasteiger partial charge < -0.3 is 13.7 Å². The van der Waals surface area contributed by atoms with Crippen molar-refractivity contribution in [3.63, 3.8) is 0 Å². The fraction of sp³-hybridized carbons (Fsp3) is 0. The lowest BCUT2D eigenvalue weighted by Gasteiger charge is -2.20. The summed E-state index contributed by atoms with van der Waals surface area (Å²) in [6.45, 7) is 16.4. The van der Waals surface area contributed by atoms with Gasteiger partial charge in [0.05, 0.1) is 57.8 Å². The molecule has 0 fully saturated rings. The van der Waals surface area contributed by atoms with E-state index in [2.05, 4.69) is 163 Å².